The van der Waals surface area contributed by atoms with Gasteiger partial charge in [-0.2, -0.15) is 0 Å². The minimum atomic E-state index is -1.57. The zero-order valence-corrected chi connectivity index (χ0v) is 29.5. The van der Waals surface area contributed by atoms with E-state index in [0.29, 0.717) is 25.8 Å². The number of carboxylic acid groups (broad SMARTS) is 1. The number of carboxylic acids is 1. The Labute approximate surface area is 291 Å². The van der Waals surface area contributed by atoms with Gasteiger partial charge >= 0.3 is 5.97 Å². The van der Waals surface area contributed by atoms with E-state index >= 15 is 0 Å². The van der Waals surface area contributed by atoms with Crippen LogP contribution in [0.1, 0.15) is 79.6 Å². The normalized spacial score (nSPS) is 20.8. The van der Waals surface area contributed by atoms with Crippen molar-refractivity contribution in [1.82, 2.24) is 36.8 Å². The van der Waals surface area contributed by atoms with E-state index in [4.69, 9.17) is 5.73 Å². The molecule has 0 saturated carbocycles. The lowest BCUT2D eigenvalue weighted by atomic mass is 9.96. The molecule has 0 aromatic heterocycles. The van der Waals surface area contributed by atoms with Gasteiger partial charge < -0.3 is 52.7 Å². The molecule has 10 N–H and O–H groups in total. The molecular formula is C32H54N8O10. The van der Waals surface area contributed by atoms with Gasteiger partial charge in [0.2, 0.25) is 41.4 Å². The molecule has 7 amide bonds. The Balaban J connectivity index is 2.14. The Hall–Kier alpha value is -4.32. The van der Waals surface area contributed by atoms with Gasteiger partial charge in [0.05, 0.1) is 19.1 Å². The number of hydrogen-bond acceptors (Lipinski definition) is 10. The Kier molecular flexibility index (Phi) is 16.5. The Morgan fingerprint density at radius 2 is 1.46 bits per heavy atom. The molecule has 0 unspecified atom stereocenters. The van der Waals surface area contributed by atoms with Crippen molar-refractivity contribution in [2.75, 3.05) is 19.7 Å². The van der Waals surface area contributed by atoms with Crippen LogP contribution in [0.5, 0.6) is 0 Å². The number of hydrogen-bond donors (Lipinski definition) is 9. The molecule has 2 rings (SSSR count). The van der Waals surface area contributed by atoms with E-state index in [1.54, 1.807) is 20.8 Å². The summed E-state index contributed by atoms with van der Waals surface area (Å²) in [5.74, 6) is -6.73. The molecule has 0 spiro atoms. The lowest BCUT2D eigenvalue weighted by molar-refractivity contribution is -0.143. The number of carbonyl (C=O) groups is 8. The van der Waals surface area contributed by atoms with Crippen LogP contribution in [-0.4, -0.2) is 124 Å². The second-order valence-corrected chi connectivity index (χ2v) is 13.4. The number of aliphatic hydroxyl groups is 1. The van der Waals surface area contributed by atoms with Gasteiger partial charge in [0.25, 0.3) is 0 Å². The standard InChI is InChI=1S/C32H54N8O10/c1-6-17(4)25(30(47)37-20(13-16(2)3)28(45)38-22(15-41)32(49)50)39-29(46)23-10-8-12-40(23)31(48)18(5)35-27(44)21(14-24(33)42)36-26(43)19-9-7-11-34-19/h16-23,25,34,41H,6-15H2,1-5H3,(H2,33,42)(H,35,44)(H,36,43)(H,37,47)(H,38,45)(H,39,46)(H,49,50)/t17-,18-,19-,20-,21-,22-,23-,25-/m0/s1. The molecule has 50 heavy (non-hydrogen) atoms. The van der Waals surface area contributed by atoms with Crippen molar-refractivity contribution in [3.05, 3.63) is 0 Å². The van der Waals surface area contributed by atoms with Crippen LogP contribution in [0.2, 0.25) is 0 Å². The van der Waals surface area contributed by atoms with E-state index in [1.165, 1.54) is 11.8 Å². The molecular weight excluding hydrogens is 656 g/mol. The first-order valence-electron chi connectivity index (χ1n) is 17.2. The van der Waals surface area contributed by atoms with Gasteiger partial charge in [-0.15, -0.1) is 0 Å². The molecule has 2 aliphatic rings. The zero-order valence-electron chi connectivity index (χ0n) is 29.5. The predicted molar refractivity (Wildman–Crippen MR) is 179 cm³/mol. The van der Waals surface area contributed by atoms with E-state index in [0.717, 1.165) is 6.42 Å². The van der Waals surface area contributed by atoms with Gasteiger partial charge in [-0.25, -0.2) is 4.79 Å². The van der Waals surface area contributed by atoms with Gasteiger partial charge in [0, 0.05) is 6.54 Å². The first kappa shape index (κ1) is 41.8. The third-order valence-electron chi connectivity index (χ3n) is 8.91. The third-order valence-corrected chi connectivity index (χ3v) is 8.91. The van der Waals surface area contributed by atoms with Gasteiger partial charge in [0.1, 0.15) is 36.3 Å². The summed E-state index contributed by atoms with van der Waals surface area (Å²) in [7, 11) is 0. The van der Waals surface area contributed by atoms with Gasteiger partial charge in [-0.1, -0.05) is 34.1 Å². The maximum atomic E-state index is 13.6. The maximum Gasteiger partial charge on any atom is 0.328 e. The molecule has 2 heterocycles. The van der Waals surface area contributed by atoms with Crippen molar-refractivity contribution in [2.45, 2.75) is 122 Å². The van der Waals surface area contributed by atoms with Crippen molar-refractivity contribution in [3.63, 3.8) is 0 Å². The van der Waals surface area contributed by atoms with Crippen LogP contribution in [0.3, 0.4) is 0 Å². The Morgan fingerprint density at radius 1 is 0.820 bits per heavy atom. The number of amides is 7. The number of likely N-dealkylation sites (tertiary alicyclic amines) is 1. The van der Waals surface area contributed by atoms with Crippen LogP contribution in [0.15, 0.2) is 0 Å². The second-order valence-electron chi connectivity index (χ2n) is 13.4. The van der Waals surface area contributed by atoms with Crippen molar-refractivity contribution >= 4 is 47.3 Å². The maximum absolute atomic E-state index is 13.6. The molecule has 282 valence electrons. The molecule has 2 saturated heterocycles. The van der Waals surface area contributed by atoms with Crippen molar-refractivity contribution in [3.8, 4) is 0 Å². The van der Waals surface area contributed by atoms with Gasteiger partial charge in [0.15, 0.2) is 0 Å². The first-order chi connectivity index (χ1) is 23.5. The van der Waals surface area contributed by atoms with Crippen LogP contribution in [-0.2, 0) is 38.4 Å². The average molecular weight is 711 g/mol. The molecule has 0 aliphatic carbocycles. The summed E-state index contributed by atoms with van der Waals surface area (Å²) in [5, 5.41) is 34.2. The van der Waals surface area contributed by atoms with E-state index in [1.807, 2.05) is 6.92 Å². The number of nitrogens with one attached hydrogen (secondary N) is 6. The highest BCUT2D eigenvalue weighted by atomic mass is 16.4. The predicted octanol–water partition coefficient (Wildman–Crippen LogP) is -2.78. The molecule has 18 heteroatoms. The fourth-order valence-electron chi connectivity index (χ4n) is 5.89. The number of nitrogens with two attached hydrogens (primary N) is 1. The van der Waals surface area contributed by atoms with Crippen LogP contribution < -0.4 is 37.6 Å². The summed E-state index contributed by atoms with van der Waals surface area (Å²) >= 11 is 0. The number of carbonyl (C=O) groups excluding carboxylic acids is 7. The Bertz CT molecular complexity index is 1260. The highest BCUT2D eigenvalue weighted by Gasteiger charge is 2.40. The van der Waals surface area contributed by atoms with Crippen LogP contribution in [0.25, 0.3) is 0 Å². The molecule has 0 bridgehead atoms. The van der Waals surface area contributed by atoms with E-state index in [9.17, 15) is 48.6 Å². The number of rotatable bonds is 19. The molecule has 18 nitrogen and oxygen atoms in total. The minimum absolute atomic E-state index is 0.0905. The van der Waals surface area contributed by atoms with Crippen LogP contribution >= 0.6 is 0 Å². The molecule has 2 fully saturated rings. The monoisotopic (exact) mass is 710 g/mol. The van der Waals surface area contributed by atoms with Crippen molar-refractivity contribution in [2.24, 2.45) is 17.6 Å². The quantitative estimate of drug-likeness (QED) is 0.0661. The lowest BCUT2D eigenvalue weighted by Crippen LogP contribution is -2.60. The molecule has 0 aromatic carbocycles. The van der Waals surface area contributed by atoms with E-state index in [-0.39, 0.29) is 25.3 Å². The lowest BCUT2D eigenvalue weighted by Gasteiger charge is -2.31. The van der Waals surface area contributed by atoms with Gasteiger partial charge in [-0.3, -0.25) is 33.6 Å². The van der Waals surface area contributed by atoms with Crippen LogP contribution in [0.4, 0.5) is 0 Å². The second kappa shape index (κ2) is 19.8. The van der Waals surface area contributed by atoms with Gasteiger partial charge in [-0.05, 0) is 57.4 Å². The number of primary amides is 1. The van der Waals surface area contributed by atoms with E-state index in [2.05, 4.69) is 31.9 Å². The fraction of sp³-hybridized carbons (Fsp3) is 0.750. The largest absolute Gasteiger partial charge is 0.480 e. The highest BCUT2D eigenvalue weighted by molar-refractivity contribution is 5.98. The fourth-order valence-corrected chi connectivity index (χ4v) is 5.89. The molecule has 0 radical (unpaired) electrons. The first-order valence-corrected chi connectivity index (χ1v) is 17.2. The average Bonchev–Trinajstić information content (AvgIpc) is 3.77. The molecule has 0 aromatic rings. The van der Waals surface area contributed by atoms with E-state index < -0.39 is 109 Å². The van der Waals surface area contributed by atoms with Crippen molar-refractivity contribution in [1.29, 1.82) is 0 Å². The third kappa shape index (κ3) is 12.2. The van der Waals surface area contributed by atoms with Crippen molar-refractivity contribution < 1.29 is 48.6 Å². The summed E-state index contributed by atoms with van der Waals surface area (Å²) in [4.78, 5) is 104. The molecule has 8 atom stereocenters. The highest BCUT2D eigenvalue weighted by Crippen LogP contribution is 2.20. The SMILES string of the molecule is CC[C@H](C)[C@H](NC(=O)[C@@H]1CCCN1C(=O)[C@H](C)NC(=O)[C@H](CC(N)=O)NC(=O)[C@@H]1CCCN1)C(=O)N[C@@H](CC(C)C)C(=O)N[C@@H](CO)C(=O)O. The van der Waals surface area contributed by atoms with Crippen LogP contribution in [0, 0.1) is 11.8 Å². The summed E-state index contributed by atoms with van der Waals surface area (Å²) in [6.07, 6.45) is 2.20. The summed E-state index contributed by atoms with van der Waals surface area (Å²) in [6, 6.07) is -7.81. The zero-order chi connectivity index (χ0) is 37.7. The number of aliphatic carboxylic acids is 1. The summed E-state index contributed by atoms with van der Waals surface area (Å²) in [6.45, 7) is 8.54. The number of aliphatic hydroxyl groups excluding tert-OH is 1. The molecule has 2 aliphatic heterocycles. The Morgan fingerprint density at radius 3 is 2.00 bits per heavy atom. The number of nitrogens with zero attached hydrogens (tertiary/aromatic N) is 1. The topological polar surface area (TPSA) is 278 Å². The minimum Gasteiger partial charge on any atom is -0.480 e. The summed E-state index contributed by atoms with van der Waals surface area (Å²) < 4.78 is 0. The smallest absolute Gasteiger partial charge is 0.328 e. The summed E-state index contributed by atoms with van der Waals surface area (Å²) in [5.41, 5.74) is 5.31.